The number of nitrogens with zero attached hydrogens (tertiary/aromatic N) is 2. The fraction of sp³-hybridized carbons (Fsp3) is 0.615. The molecule has 1 saturated heterocycles. The predicted octanol–water partition coefficient (Wildman–Crippen LogP) is 0.656. The first-order chi connectivity index (χ1) is 9.75. The molecule has 0 bridgehead atoms. The van der Waals surface area contributed by atoms with Crippen molar-refractivity contribution < 1.29 is 18.3 Å². The van der Waals surface area contributed by atoms with Crippen LogP contribution in [0.1, 0.15) is 28.2 Å². The van der Waals surface area contributed by atoms with E-state index in [0.29, 0.717) is 25.3 Å². The summed E-state index contributed by atoms with van der Waals surface area (Å²) in [6.07, 6.45) is 0.768. The van der Waals surface area contributed by atoms with Gasteiger partial charge in [0.25, 0.3) is 0 Å². The Morgan fingerprint density at radius 1 is 1.19 bits per heavy atom. The van der Waals surface area contributed by atoms with Crippen molar-refractivity contribution in [2.45, 2.75) is 25.2 Å². The lowest BCUT2D eigenvalue weighted by Gasteiger charge is -2.20. The Kier molecular flexibility index (Phi) is 4.40. The number of nitrogens with one attached hydrogen (secondary N) is 1. The largest absolute Gasteiger partial charge is 0.477 e. The number of aryl methyl sites for hydroxylation is 1. The molecule has 0 aliphatic carbocycles. The van der Waals surface area contributed by atoms with E-state index in [2.05, 4.69) is 9.88 Å². The maximum atomic E-state index is 12.8. The fourth-order valence-electron chi connectivity index (χ4n) is 2.73. The van der Waals surface area contributed by atoms with Gasteiger partial charge in [-0.05, 0) is 33.9 Å². The van der Waals surface area contributed by atoms with Gasteiger partial charge in [-0.1, -0.05) is 0 Å². The molecule has 0 radical (unpaired) electrons. The van der Waals surface area contributed by atoms with Gasteiger partial charge in [0.15, 0.2) is 0 Å². The number of aromatic nitrogens is 1. The summed E-state index contributed by atoms with van der Waals surface area (Å²) in [5, 5.41) is 9.11. The van der Waals surface area contributed by atoms with Crippen LogP contribution in [-0.4, -0.2) is 66.9 Å². The van der Waals surface area contributed by atoms with Crippen LogP contribution in [0, 0.1) is 13.8 Å². The van der Waals surface area contributed by atoms with E-state index < -0.39 is 16.0 Å². The van der Waals surface area contributed by atoms with Crippen LogP contribution in [0.25, 0.3) is 0 Å². The normalized spacial score (nSPS) is 18.6. The molecule has 118 valence electrons. The molecule has 1 fully saturated rings. The van der Waals surface area contributed by atoms with Crippen molar-refractivity contribution in [3.05, 3.63) is 17.0 Å². The molecule has 21 heavy (non-hydrogen) atoms. The highest BCUT2D eigenvalue weighted by Gasteiger charge is 2.32. The van der Waals surface area contributed by atoms with Crippen molar-refractivity contribution in [1.82, 2.24) is 14.2 Å². The maximum absolute atomic E-state index is 12.8. The second-order valence-electron chi connectivity index (χ2n) is 5.45. The van der Waals surface area contributed by atoms with Crippen LogP contribution in [0.4, 0.5) is 0 Å². The molecular formula is C13H21N3O4S. The Morgan fingerprint density at radius 2 is 1.86 bits per heavy atom. The van der Waals surface area contributed by atoms with Gasteiger partial charge in [0, 0.05) is 30.9 Å². The molecule has 2 heterocycles. The Balaban J connectivity index is 2.42. The smallest absolute Gasteiger partial charge is 0.352 e. The van der Waals surface area contributed by atoms with Crippen LogP contribution in [-0.2, 0) is 10.0 Å². The summed E-state index contributed by atoms with van der Waals surface area (Å²) < 4.78 is 27.1. The molecule has 1 aromatic rings. The number of aromatic carboxylic acids is 1. The Hall–Kier alpha value is -1.38. The van der Waals surface area contributed by atoms with Crippen molar-refractivity contribution in [2.75, 3.05) is 33.2 Å². The van der Waals surface area contributed by atoms with Crippen molar-refractivity contribution in [3.8, 4) is 0 Å². The van der Waals surface area contributed by atoms with Gasteiger partial charge in [-0.15, -0.1) is 0 Å². The summed E-state index contributed by atoms with van der Waals surface area (Å²) in [5.41, 5.74) is 0.595. The number of hydrogen-bond donors (Lipinski definition) is 2. The quantitative estimate of drug-likeness (QED) is 0.854. The van der Waals surface area contributed by atoms with E-state index in [9.17, 15) is 13.2 Å². The summed E-state index contributed by atoms with van der Waals surface area (Å²) in [6, 6.07) is 0. The van der Waals surface area contributed by atoms with E-state index in [1.165, 1.54) is 11.2 Å². The molecule has 0 saturated carbocycles. The van der Waals surface area contributed by atoms with E-state index >= 15 is 0 Å². The molecular weight excluding hydrogens is 294 g/mol. The number of hydrogen-bond acceptors (Lipinski definition) is 4. The molecule has 0 unspecified atom stereocenters. The zero-order valence-corrected chi connectivity index (χ0v) is 13.3. The van der Waals surface area contributed by atoms with Crippen LogP contribution in [0.5, 0.6) is 0 Å². The second kappa shape index (κ2) is 5.78. The van der Waals surface area contributed by atoms with Crippen LogP contribution >= 0.6 is 0 Å². The van der Waals surface area contributed by atoms with Gasteiger partial charge in [-0.2, -0.15) is 4.31 Å². The van der Waals surface area contributed by atoms with E-state index in [1.807, 2.05) is 7.05 Å². The van der Waals surface area contributed by atoms with E-state index in [-0.39, 0.29) is 16.2 Å². The average Bonchev–Trinajstić information content (AvgIpc) is 2.56. The van der Waals surface area contributed by atoms with Crippen LogP contribution in [0.3, 0.4) is 0 Å². The lowest BCUT2D eigenvalue weighted by Crippen LogP contribution is -2.35. The van der Waals surface area contributed by atoms with Gasteiger partial charge in [-0.25, -0.2) is 13.2 Å². The molecule has 8 heteroatoms. The zero-order chi connectivity index (χ0) is 15.8. The SMILES string of the molecule is Cc1[nH]c(C(=O)O)c(C)c1S(=O)(=O)N1CCCN(C)CC1. The molecule has 2 rings (SSSR count). The molecule has 2 N–H and O–H groups in total. The number of carboxylic acid groups (broad SMARTS) is 1. The Labute approximate surface area is 124 Å². The highest BCUT2D eigenvalue weighted by atomic mass is 32.2. The number of carbonyl (C=O) groups is 1. The number of rotatable bonds is 3. The van der Waals surface area contributed by atoms with E-state index in [4.69, 9.17) is 5.11 Å². The number of aromatic amines is 1. The van der Waals surface area contributed by atoms with Gasteiger partial charge < -0.3 is 15.0 Å². The first kappa shape index (κ1) is 16.0. The van der Waals surface area contributed by atoms with Crippen molar-refractivity contribution in [2.24, 2.45) is 0 Å². The van der Waals surface area contributed by atoms with E-state index in [0.717, 1.165) is 13.0 Å². The Bertz CT molecular complexity index is 651. The highest BCUT2D eigenvalue weighted by molar-refractivity contribution is 7.89. The molecule has 7 nitrogen and oxygen atoms in total. The topological polar surface area (TPSA) is 93.7 Å². The minimum absolute atomic E-state index is 0.0574. The van der Waals surface area contributed by atoms with Gasteiger partial charge >= 0.3 is 5.97 Å². The van der Waals surface area contributed by atoms with Gasteiger partial charge in [-0.3, -0.25) is 0 Å². The first-order valence-corrected chi connectivity index (χ1v) is 8.30. The monoisotopic (exact) mass is 315 g/mol. The fourth-order valence-corrected chi connectivity index (χ4v) is 4.60. The van der Waals surface area contributed by atoms with Crippen molar-refractivity contribution in [3.63, 3.8) is 0 Å². The number of sulfonamides is 1. The van der Waals surface area contributed by atoms with Gasteiger partial charge in [0.05, 0.1) is 0 Å². The third-order valence-corrected chi connectivity index (χ3v) is 6.03. The highest BCUT2D eigenvalue weighted by Crippen LogP contribution is 2.27. The second-order valence-corrected chi connectivity index (χ2v) is 7.32. The minimum Gasteiger partial charge on any atom is -0.477 e. The van der Waals surface area contributed by atoms with Crippen molar-refractivity contribution in [1.29, 1.82) is 0 Å². The number of carboxylic acids is 1. The average molecular weight is 315 g/mol. The third-order valence-electron chi connectivity index (χ3n) is 3.86. The van der Waals surface area contributed by atoms with Gasteiger partial charge in [0.1, 0.15) is 10.6 Å². The first-order valence-electron chi connectivity index (χ1n) is 6.86. The molecule has 1 aliphatic heterocycles. The number of H-pyrrole nitrogens is 1. The Morgan fingerprint density at radius 3 is 2.43 bits per heavy atom. The molecule has 1 aliphatic rings. The van der Waals surface area contributed by atoms with Gasteiger partial charge in [0.2, 0.25) is 10.0 Å². The maximum Gasteiger partial charge on any atom is 0.352 e. The summed E-state index contributed by atoms with van der Waals surface area (Å²) in [4.78, 5) is 16.0. The summed E-state index contributed by atoms with van der Waals surface area (Å²) in [6.45, 7) is 5.54. The van der Waals surface area contributed by atoms with Crippen molar-refractivity contribution >= 4 is 16.0 Å². The standard InChI is InChI=1S/C13H21N3O4S/c1-9-11(13(17)18)14-10(2)12(9)21(19,20)16-6-4-5-15(3)7-8-16/h14H,4-8H2,1-3H3,(H,17,18). The summed E-state index contributed by atoms with van der Waals surface area (Å²) >= 11 is 0. The molecule has 0 atom stereocenters. The molecule has 0 spiro atoms. The van der Waals surface area contributed by atoms with Crippen LogP contribution < -0.4 is 0 Å². The van der Waals surface area contributed by atoms with E-state index in [1.54, 1.807) is 6.92 Å². The van der Waals surface area contributed by atoms with Crippen LogP contribution in [0.2, 0.25) is 0 Å². The lowest BCUT2D eigenvalue weighted by atomic mass is 10.2. The lowest BCUT2D eigenvalue weighted by molar-refractivity contribution is 0.0690. The zero-order valence-electron chi connectivity index (χ0n) is 12.5. The minimum atomic E-state index is -3.67. The summed E-state index contributed by atoms with van der Waals surface area (Å²) in [5.74, 6) is -1.15. The summed E-state index contributed by atoms with van der Waals surface area (Å²) in [7, 11) is -1.71. The predicted molar refractivity (Wildman–Crippen MR) is 78.1 cm³/mol. The third kappa shape index (κ3) is 2.97. The van der Waals surface area contributed by atoms with Crippen LogP contribution in [0.15, 0.2) is 4.90 Å². The number of likely N-dealkylation sites (N-methyl/N-ethyl adjacent to an activating group) is 1. The molecule has 0 aromatic carbocycles. The molecule has 1 aromatic heterocycles. The molecule has 0 amide bonds.